The molecule has 1 aromatic rings. The van der Waals surface area contributed by atoms with Crippen molar-refractivity contribution in [3.63, 3.8) is 0 Å². The number of nitrogens with one attached hydrogen (secondary N) is 1. The van der Waals surface area contributed by atoms with Gasteiger partial charge in [0, 0.05) is 12.5 Å². The molecule has 0 spiro atoms. The summed E-state index contributed by atoms with van der Waals surface area (Å²) in [7, 11) is 0. The number of piperidine rings is 1. The highest BCUT2D eigenvalue weighted by Gasteiger charge is 2.34. The number of rotatable bonds is 3. The van der Waals surface area contributed by atoms with Crippen LogP contribution in [0.25, 0.3) is 0 Å². The highest BCUT2D eigenvalue weighted by molar-refractivity contribution is 6.30. The summed E-state index contributed by atoms with van der Waals surface area (Å²) in [5.74, 6) is 0.512. The molecular weight excluding hydrogens is 289 g/mol. The number of Topliss-reactive ketones (excluding diaryl/α,β-unsaturated/α-hetero) is 1. The minimum absolute atomic E-state index is 0.0480. The maximum atomic E-state index is 13.1. The fraction of sp³-hybridized carbons (Fsp3) is 0.588. The van der Waals surface area contributed by atoms with Gasteiger partial charge in [0.15, 0.2) is 5.78 Å². The van der Waals surface area contributed by atoms with E-state index in [1.54, 1.807) is 12.1 Å². The van der Waals surface area contributed by atoms with E-state index in [0.29, 0.717) is 12.5 Å². The second-order valence-electron chi connectivity index (χ2n) is 6.34. The zero-order valence-corrected chi connectivity index (χ0v) is 12.8. The Morgan fingerprint density at radius 2 is 2.05 bits per heavy atom. The molecule has 1 saturated heterocycles. The number of ketones is 1. The zero-order chi connectivity index (χ0) is 14.8. The molecule has 1 aliphatic heterocycles. The SMILES string of the molecule is O=C(Cc1ccc(F)c(Cl)c1)C1CCC2CCCCC2N1. The van der Waals surface area contributed by atoms with Crippen molar-refractivity contribution in [1.82, 2.24) is 5.32 Å². The van der Waals surface area contributed by atoms with Gasteiger partial charge in [-0.1, -0.05) is 30.5 Å². The van der Waals surface area contributed by atoms with E-state index >= 15 is 0 Å². The van der Waals surface area contributed by atoms with Crippen molar-refractivity contribution < 1.29 is 9.18 Å². The maximum Gasteiger partial charge on any atom is 0.154 e. The Labute approximate surface area is 130 Å². The summed E-state index contributed by atoms with van der Waals surface area (Å²) in [5, 5.41) is 3.63. The van der Waals surface area contributed by atoms with E-state index in [9.17, 15) is 9.18 Å². The van der Waals surface area contributed by atoms with Crippen LogP contribution in [0, 0.1) is 11.7 Å². The van der Waals surface area contributed by atoms with Gasteiger partial charge in [-0.15, -0.1) is 0 Å². The predicted molar refractivity (Wildman–Crippen MR) is 82.0 cm³/mol. The molecule has 2 fully saturated rings. The fourth-order valence-electron chi connectivity index (χ4n) is 3.72. The van der Waals surface area contributed by atoms with Gasteiger partial charge in [-0.25, -0.2) is 4.39 Å². The average molecular weight is 310 g/mol. The van der Waals surface area contributed by atoms with Crippen LogP contribution < -0.4 is 5.32 Å². The molecule has 3 atom stereocenters. The van der Waals surface area contributed by atoms with E-state index in [2.05, 4.69) is 5.32 Å². The quantitative estimate of drug-likeness (QED) is 0.917. The van der Waals surface area contributed by atoms with Gasteiger partial charge in [0.2, 0.25) is 0 Å². The average Bonchev–Trinajstić information content (AvgIpc) is 2.50. The van der Waals surface area contributed by atoms with E-state index in [-0.39, 0.29) is 16.8 Å². The molecule has 1 aliphatic carbocycles. The van der Waals surface area contributed by atoms with Crippen LogP contribution in [0.3, 0.4) is 0 Å². The number of hydrogen-bond acceptors (Lipinski definition) is 2. The molecule has 114 valence electrons. The lowest BCUT2D eigenvalue weighted by Crippen LogP contribution is -2.52. The van der Waals surface area contributed by atoms with Crippen LogP contribution in [0.4, 0.5) is 4.39 Å². The highest BCUT2D eigenvalue weighted by atomic mass is 35.5. The van der Waals surface area contributed by atoms with Crippen molar-refractivity contribution >= 4 is 17.4 Å². The monoisotopic (exact) mass is 309 g/mol. The summed E-state index contributed by atoms with van der Waals surface area (Å²) in [6.07, 6.45) is 7.49. The number of fused-ring (bicyclic) bond motifs is 1. The highest BCUT2D eigenvalue weighted by Crippen LogP contribution is 2.32. The molecule has 0 amide bonds. The molecule has 1 heterocycles. The van der Waals surface area contributed by atoms with Crippen LogP contribution in [0.15, 0.2) is 18.2 Å². The van der Waals surface area contributed by atoms with E-state index in [4.69, 9.17) is 11.6 Å². The fourth-order valence-corrected chi connectivity index (χ4v) is 3.93. The van der Waals surface area contributed by atoms with Gasteiger partial charge in [0.1, 0.15) is 5.82 Å². The van der Waals surface area contributed by atoms with Crippen molar-refractivity contribution in [3.8, 4) is 0 Å². The van der Waals surface area contributed by atoms with Gasteiger partial charge in [-0.2, -0.15) is 0 Å². The topological polar surface area (TPSA) is 29.1 Å². The van der Waals surface area contributed by atoms with Crippen LogP contribution >= 0.6 is 11.6 Å². The van der Waals surface area contributed by atoms with Gasteiger partial charge in [-0.05, 0) is 49.3 Å². The molecule has 3 unspecified atom stereocenters. The summed E-state index contributed by atoms with van der Waals surface area (Å²) in [6, 6.07) is 4.99. The maximum absolute atomic E-state index is 13.1. The first-order valence-corrected chi connectivity index (χ1v) is 8.24. The largest absolute Gasteiger partial charge is 0.304 e. The van der Waals surface area contributed by atoms with Crippen molar-refractivity contribution in [3.05, 3.63) is 34.6 Å². The third-order valence-corrected chi connectivity index (χ3v) is 5.19. The normalized spacial score (nSPS) is 29.0. The number of halogens is 2. The Morgan fingerprint density at radius 1 is 1.24 bits per heavy atom. The van der Waals surface area contributed by atoms with Gasteiger partial charge in [0.05, 0.1) is 11.1 Å². The van der Waals surface area contributed by atoms with Crippen molar-refractivity contribution in [1.29, 1.82) is 0 Å². The molecule has 1 aromatic carbocycles. The number of benzene rings is 1. The first-order chi connectivity index (χ1) is 10.1. The first kappa shape index (κ1) is 15.0. The second-order valence-corrected chi connectivity index (χ2v) is 6.75. The minimum Gasteiger partial charge on any atom is -0.304 e. The third kappa shape index (κ3) is 3.46. The lowest BCUT2D eigenvalue weighted by molar-refractivity contribution is -0.121. The number of hydrogen-bond donors (Lipinski definition) is 1. The van der Waals surface area contributed by atoms with Gasteiger partial charge in [-0.3, -0.25) is 4.79 Å². The summed E-state index contributed by atoms with van der Waals surface area (Å²) < 4.78 is 13.1. The molecule has 2 nitrogen and oxygen atoms in total. The van der Waals surface area contributed by atoms with Crippen LogP contribution in [0.5, 0.6) is 0 Å². The van der Waals surface area contributed by atoms with Crippen molar-refractivity contribution in [2.45, 2.75) is 57.0 Å². The first-order valence-electron chi connectivity index (χ1n) is 7.86. The second kappa shape index (κ2) is 6.45. The molecule has 1 saturated carbocycles. The summed E-state index contributed by atoms with van der Waals surface area (Å²) in [4.78, 5) is 12.4. The predicted octanol–water partition coefficient (Wildman–Crippen LogP) is 3.90. The number of carbonyl (C=O) groups is 1. The molecule has 4 heteroatoms. The smallest absolute Gasteiger partial charge is 0.154 e. The summed E-state index contributed by atoms with van der Waals surface area (Å²) >= 11 is 5.77. The molecular formula is C17H21ClFNO. The van der Waals surface area contributed by atoms with Crippen LogP contribution in [-0.2, 0) is 11.2 Å². The van der Waals surface area contributed by atoms with Crippen LogP contribution in [-0.4, -0.2) is 17.9 Å². The molecule has 0 bridgehead atoms. The lowest BCUT2D eigenvalue weighted by atomic mass is 9.77. The van der Waals surface area contributed by atoms with E-state index in [1.165, 1.54) is 31.7 Å². The van der Waals surface area contributed by atoms with E-state index < -0.39 is 5.82 Å². The molecule has 3 rings (SSSR count). The number of carbonyl (C=O) groups excluding carboxylic acids is 1. The Kier molecular flexibility index (Phi) is 4.60. The van der Waals surface area contributed by atoms with Gasteiger partial charge in [0.25, 0.3) is 0 Å². The Bertz CT molecular complexity index is 534. The standard InChI is InChI=1S/C17H21ClFNO/c18-13-9-11(5-7-14(13)19)10-17(21)16-8-6-12-3-1-2-4-15(12)20-16/h5,7,9,12,15-16,20H,1-4,6,8,10H2. The molecule has 0 aromatic heterocycles. The van der Waals surface area contributed by atoms with Crippen LogP contribution in [0.1, 0.15) is 44.1 Å². The molecule has 0 radical (unpaired) electrons. The molecule has 21 heavy (non-hydrogen) atoms. The van der Waals surface area contributed by atoms with Gasteiger partial charge < -0.3 is 5.32 Å². The van der Waals surface area contributed by atoms with Crippen molar-refractivity contribution in [2.24, 2.45) is 5.92 Å². The van der Waals surface area contributed by atoms with Crippen LogP contribution in [0.2, 0.25) is 5.02 Å². The molecule has 1 N–H and O–H groups in total. The Morgan fingerprint density at radius 3 is 2.86 bits per heavy atom. The lowest BCUT2D eigenvalue weighted by Gasteiger charge is -2.40. The Balaban J connectivity index is 1.61. The Hall–Kier alpha value is -0.930. The molecule has 2 aliphatic rings. The zero-order valence-electron chi connectivity index (χ0n) is 12.1. The summed E-state index contributed by atoms with van der Waals surface area (Å²) in [6.45, 7) is 0. The van der Waals surface area contributed by atoms with Gasteiger partial charge >= 0.3 is 0 Å². The van der Waals surface area contributed by atoms with E-state index in [0.717, 1.165) is 24.3 Å². The van der Waals surface area contributed by atoms with E-state index in [1.807, 2.05) is 0 Å². The third-order valence-electron chi connectivity index (χ3n) is 4.90. The summed E-state index contributed by atoms with van der Waals surface area (Å²) in [5.41, 5.74) is 0.791. The van der Waals surface area contributed by atoms with Crippen molar-refractivity contribution in [2.75, 3.05) is 0 Å². The minimum atomic E-state index is -0.436.